The highest BCUT2D eigenvalue weighted by atomic mass is 16.3. The van der Waals surface area contributed by atoms with E-state index in [1.807, 2.05) is 66.7 Å². The molecule has 1 N–H and O–H groups in total. The Bertz CT molecular complexity index is 848. The van der Waals surface area contributed by atoms with E-state index in [4.69, 9.17) is 0 Å². The highest BCUT2D eigenvalue weighted by Gasteiger charge is 2.24. The van der Waals surface area contributed by atoms with Crippen molar-refractivity contribution in [2.75, 3.05) is 0 Å². The van der Waals surface area contributed by atoms with Gasteiger partial charge in [-0.25, -0.2) is 0 Å². The maximum Gasteiger partial charge on any atom is 0.193 e. The molecule has 0 aromatic heterocycles. The Balaban J connectivity index is 0.000000199. The zero-order chi connectivity index (χ0) is 19.7. The molecule has 0 saturated carbocycles. The van der Waals surface area contributed by atoms with Gasteiger partial charge < -0.3 is 5.11 Å². The van der Waals surface area contributed by atoms with Gasteiger partial charge in [-0.2, -0.15) is 0 Å². The van der Waals surface area contributed by atoms with Gasteiger partial charge in [0.2, 0.25) is 0 Å². The summed E-state index contributed by atoms with van der Waals surface area (Å²) in [4.78, 5) is 23.2. The lowest BCUT2D eigenvalue weighted by Gasteiger charge is -2.14. The first kappa shape index (κ1) is 20.3. The standard InChI is InChI=1S/C14H12O.C10H12O2/c15-14(13-9-5-2-6-10-13)11-12-7-3-1-4-8-12;1-10(2,12)9(11)8-6-4-3-5-7-8/h1-10H,11H2;3-7,12H,1-2H3. The molecule has 0 radical (unpaired) electrons. The molecule has 3 nitrogen and oxygen atoms in total. The summed E-state index contributed by atoms with van der Waals surface area (Å²) in [6.45, 7) is 2.98. The SMILES string of the molecule is CC(C)(O)C(=O)c1ccccc1.O=C(Cc1ccccc1)c1ccccc1. The smallest absolute Gasteiger partial charge is 0.193 e. The number of benzene rings is 3. The van der Waals surface area contributed by atoms with E-state index in [0.29, 0.717) is 12.0 Å². The molecule has 0 aliphatic rings. The van der Waals surface area contributed by atoms with Crippen molar-refractivity contribution in [1.82, 2.24) is 0 Å². The first-order chi connectivity index (χ1) is 12.9. The summed E-state index contributed by atoms with van der Waals surface area (Å²) in [5.74, 6) is -0.0788. The molecule has 0 amide bonds. The lowest BCUT2D eigenvalue weighted by atomic mass is 9.97. The molecular weight excluding hydrogens is 336 g/mol. The number of carbonyl (C=O) groups excluding carboxylic acids is 2. The molecule has 0 bridgehead atoms. The largest absolute Gasteiger partial charge is 0.382 e. The summed E-state index contributed by atoms with van der Waals surface area (Å²) in [7, 11) is 0. The Morgan fingerprint density at radius 2 is 1.11 bits per heavy atom. The molecule has 0 saturated heterocycles. The lowest BCUT2D eigenvalue weighted by molar-refractivity contribution is 0.0488. The Morgan fingerprint density at radius 3 is 1.56 bits per heavy atom. The number of rotatable bonds is 5. The van der Waals surface area contributed by atoms with E-state index in [1.54, 1.807) is 24.3 Å². The molecule has 3 aromatic carbocycles. The average Bonchev–Trinajstić information content (AvgIpc) is 2.69. The van der Waals surface area contributed by atoms with Gasteiger partial charge in [0.15, 0.2) is 11.6 Å². The highest BCUT2D eigenvalue weighted by molar-refractivity contribution is 6.01. The molecule has 0 aliphatic carbocycles. The Hall–Kier alpha value is -3.04. The highest BCUT2D eigenvalue weighted by Crippen LogP contribution is 2.11. The molecule has 27 heavy (non-hydrogen) atoms. The molecule has 0 spiro atoms. The minimum absolute atomic E-state index is 0.168. The predicted molar refractivity (Wildman–Crippen MR) is 108 cm³/mol. The molecule has 0 fully saturated rings. The van der Waals surface area contributed by atoms with Gasteiger partial charge in [-0.15, -0.1) is 0 Å². The van der Waals surface area contributed by atoms with Crippen molar-refractivity contribution in [3.05, 3.63) is 108 Å². The Morgan fingerprint density at radius 1 is 0.704 bits per heavy atom. The van der Waals surface area contributed by atoms with Gasteiger partial charge >= 0.3 is 0 Å². The van der Waals surface area contributed by atoms with Crippen molar-refractivity contribution in [2.24, 2.45) is 0 Å². The summed E-state index contributed by atoms with van der Waals surface area (Å²) in [5, 5.41) is 9.39. The second-order valence-corrected chi connectivity index (χ2v) is 6.71. The quantitative estimate of drug-likeness (QED) is 0.668. The summed E-state index contributed by atoms with van der Waals surface area (Å²) >= 11 is 0. The fourth-order valence-corrected chi connectivity index (χ4v) is 2.45. The predicted octanol–water partition coefficient (Wildman–Crippen LogP) is 4.75. The van der Waals surface area contributed by atoms with Crippen LogP contribution in [0.3, 0.4) is 0 Å². The molecule has 3 heteroatoms. The summed E-state index contributed by atoms with van der Waals surface area (Å²) in [6.07, 6.45) is 0.477. The minimum atomic E-state index is -1.28. The van der Waals surface area contributed by atoms with Gasteiger partial charge in [0.25, 0.3) is 0 Å². The summed E-state index contributed by atoms with van der Waals surface area (Å²) in [5.41, 5.74) is 1.11. The number of ketones is 2. The first-order valence-corrected chi connectivity index (χ1v) is 8.82. The van der Waals surface area contributed by atoms with Crippen LogP contribution in [0.1, 0.15) is 40.1 Å². The topological polar surface area (TPSA) is 54.4 Å². The van der Waals surface area contributed by atoms with Crippen LogP contribution in [-0.2, 0) is 6.42 Å². The number of hydrogen-bond acceptors (Lipinski definition) is 3. The fraction of sp³-hybridized carbons (Fsp3) is 0.167. The van der Waals surface area contributed by atoms with Gasteiger partial charge in [0, 0.05) is 17.5 Å². The van der Waals surface area contributed by atoms with Crippen LogP contribution < -0.4 is 0 Å². The Labute approximate surface area is 160 Å². The second-order valence-electron chi connectivity index (χ2n) is 6.71. The van der Waals surface area contributed by atoms with E-state index >= 15 is 0 Å². The lowest BCUT2D eigenvalue weighted by Crippen LogP contribution is -2.30. The van der Waals surface area contributed by atoms with Gasteiger partial charge in [0.05, 0.1) is 0 Å². The third kappa shape index (κ3) is 6.65. The van der Waals surface area contributed by atoms with Gasteiger partial charge in [0.1, 0.15) is 5.60 Å². The van der Waals surface area contributed by atoms with Crippen LogP contribution in [0.2, 0.25) is 0 Å². The zero-order valence-electron chi connectivity index (χ0n) is 15.6. The van der Waals surface area contributed by atoms with Gasteiger partial charge in [-0.1, -0.05) is 91.0 Å². The number of aliphatic hydroxyl groups is 1. The van der Waals surface area contributed by atoms with Crippen molar-refractivity contribution >= 4 is 11.6 Å². The number of hydrogen-bond donors (Lipinski definition) is 1. The average molecular weight is 360 g/mol. The van der Waals surface area contributed by atoms with Crippen molar-refractivity contribution in [2.45, 2.75) is 25.9 Å². The molecule has 0 unspecified atom stereocenters. The minimum Gasteiger partial charge on any atom is -0.382 e. The molecule has 138 valence electrons. The first-order valence-electron chi connectivity index (χ1n) is 8.82. The van der Waals surface area contributed by atoms with Crippen molar-refractivity contribution in [3.8, 4) is 0 Å². The van der Waals surface area contributed by atoms with Crippen molar-refractivity contribution < 1.29 is 14.7 Å². The summed E-state index contributed by atoms with van der Waals surface area (Å²) in [6, 6.07) is 28.0. The molecule has 0 heterocycles. The van der Waals surface area contributed by atoms with E-state index in [-0.39, 0.29) is 11.6 Å². The van der Waals surface area contributed by atoms with Crippen LogP contribution in [0.25, 0.3) is 0 Å². The third-order valence-electron chi connectivity index (χ3n) is 3.89. The number of Topliss-reactive ketones (excluding diaryl/α,β-unsaturated/α-hetero) is 2. The van der Waals surface area contributed by atoms with E-state index in [1.165, 1.54) is 13.8 Å². The van der Waals surface area contributed by atoms with E-state index in [9.17, 15) is 14.7 Å². The summed E-state index contributed by atoms with van der Waals surface area (Å²) < 4.78 is 0. The zero-order valence-corrected chi connectivity index (χ0v) is 15.6. The molecular formula is C24H24O3. The normalized spacial score (nSPS) is 10.5. The van der Waals surface area contributed by atoms with Crippen LogP contribution in [0.5, 0.6) is 0 Å². The van der Waals surface area contributed by atoms with Crippen LogP contribution in [-0.4, -0.2) is 22.3 Å². The molecule has 3 rings (SSSR count). The third-order valence-corrected chi connectivity index (χ3v) is 3.89. The monoisotopic (exact) mass is 360 g/mol. The van der Waals surface area contributed by atoms with E-state index < -0.39 is 5.60 Å². The van der Waals surface area contributed by atoms with Crippen molar-refractivity contribution in [1.29, 1.82) is 0 Å². The maximum atomic E-state index is 11.8. The van der Waals surface area contributed by atoms with Crippen LogP contribution in [0.15, 0.2) is 91.0 Å². The Kier molecular flexibility index (Phi) is 7.21. The van der Waals surface area contributed by atoms with Crippen LogP contribution in [0.4, 0.5) is 0 Å². The van der Waals surface area contributed by atoms with E-state index in [0.717, 1.165) is 11.1 Å². The van der Waals surface area contributed by atoms with E-state index in [2.05, 4.69) is 0 Å². The molecule has 3 aromatic rings. The second kappa shape index (κ2) is 9.60. The van der Waals surface area contributed by atoms with Gasteiger partial charge in [-0.3, -0.25) is 9.59 Å². The molecule has 0 aliphatic heterocycles. The molecule has 0 atom stereocenters. The van der Waals surface area contributed by atoms with Gasteiger partial charge in [-0.05, 0) is 19.4 Å². The van der Waals surface area contributed by atoms with Crippen LogP contribution >= 0.6 is 0 Å². The van der Waals surface area contributed by atoms with Crippen LogP contribution in [0, 0.1) is 0 Å². The fourth-order valence-electron chi connectivity index (χ4n) is 2.45. The number of carbonyl (C=O) groups is 2. The maximum absolute atomic E-state index is 11.8. The van der Waals surface area contributed by atoms with Crippen molar-refractivity contribution in [3.63, 3.8) is 0 Å².